The molecule has 1 amide bonds. The molecule has 2 aromatic rings. The molecule has 25 heavy (non-hydrogen) atoms. The normalized spacial score (nSPS) is 13.8. The lowest BCUT2D eigenvalue weighted by Crippen LogP contribution is -2.24. The molecule has 1 saturated heterocycles. The van der Waals surface area contributed by atoms with E-state index >= 15 is 0 Å². The minimum absolute atomic E-state index is 0.0518. The zero-order valence-electron chi connectivity index (χ0n) is 13.4. The second-order valence-corrected chi connectivity index (χ2v) is 6.62. The Bertz CT molecular complexity index is 816. The number of ether oxygens (including phenoxy) is 1. The first-order chi connectivity index (χ1) is 12.0. The first-order valence-corrected chi connectivity index (χ1v) is 8.70. The van der Waals surface area contributed by atoms with Crippen molar-refractivity contribution in [1.29, 1.82) is 0 Å². The number of anilines is 1. The molecule has 0 N–H and O–H groups in total. The highest BCUT2D eigenvalue weighted by molar-refractivity contribution is 9.10. The molecule has 3 rings (SSSR count). The number of nitrogens with zero attached hydrogens (tertiary/aromatic N) is 1. The quantitative estimate of drug-likeness (QED) is 0.566. The Hall–Kier alpha value is -2.47. The highest BCUT2D eigenvalue weighted by Gasteiger charge is 2.22. The third-order valence-corrected chi connectivity index (χ3v) is 4.50. The third kappa shape index (κ3) is 4.14. The highest BCUT2D eigenvalue weighted by atomic mass is 79.9. The predicted molar refractivity (Wildman–Crippen MR) is 96.8 cm³/mol. The first-order valence-electron chi connectivity index (χ1n) is 7.91. The van der Waals surface area contributed by atoms with Gasteiger partial charge in [-0.2, -0.15) is 0 Å². The van der Waals surface area contributed by atoms with Crippen LogP contribution < -0.4 is 4.90 Å². The molecule has 0 radical (unpaired) electrons. The van der Waals surface area contributed by atoms with E-state index in [1.54, 1.807) is 53.4 Å². The van der Waals surface area contributed by atoms with Crippen LogP contribution in [0.5, 0.6) is 0 Å². The number of carbonyl (C=O) groups excluding carboxylic acids is 3. The molecule has 0 saturated carbocycles. The van der Waals surface area contributed by atoms with Crippen molar-refractivity contribution >= 4 is 39.3 Å². The van der Waals surface area contributed by atoms with E-state index in [1.807, 2.05) is 0 Å². The van der Waals surface area contributed by atoms with E-state index in [1.165, 1.54) is 0 Å². The molecule has 0 unspecified atom stereocenters. The SMILES string of the molecule is O=C(COC(=O)c1cccc(N2CCCC2=O)c1)c1ccc(Br)cc1. The molecule has 1 fully saturated rings. The maximum atomic E-state index is 12.2. The number of hydrogen-bond acceptors (Lipinski definition) is 4. The monoisotopic (exact) mass is 401 g/mol. The topological polar surface area (TPSA) is 63.7 Å². The number of Topliss-reactive ketones (excluding diaryl/α,β-unsaturated/α-hetero) is 1. The van der Waals surface area contributed by atoms with Gasteiger partial charge in [0.2, 0.25) is 5.91 Å². The van der Waals surface area contributed by atoms with Crippen LogP contribution in [0.3, 0.4) is 0 Å². The van der Waals surface area contributed by atoms with Gasteiger partial charge in [-0.25, -0.2) is 4.79 Å². The van der Waals surface area contributed by atoms with Crippen LogP contribution in [-0.2, 0) is 9.53 Å². The van der Waals surface area contributed by atoms with Crippen molar-refractivity contribution < 1.29 is 19.1 Å². The van der Waals surface area contributed by atoms with Gasteiger partial charge < -0.3 is 9.64 Å². The summed E-state index contributed by atoms with van der Waals surface area (Å²) in [5, 5.41) is 0. The second-order valence-electron chi connectivity index (χ2n) is 5.71. The van der Waals surface area contributed by atoms with Crippen molar-refractivity contribution in [2.45, 2.75) is 12.8 Å². The van der Waals surface area contributed by atoms with E-state index in [4.69, 9.17) is 4.74 Å². The zero-order valence-corrected chi connectivity index (χ0v) is 15.0. The molecule has 1 aliphatic rings. The van der Waals surface area contributed by atoms with Crippen molar-refractivity contribution in [3.8, 4) is 0 Å². The van der Waals surface area contributed by atoms with Crippen molar-refractivity contribution in [2.24, 2.45) is 0 Å². The summed E-state index contributed by atoms with van der Waals surface area (Å²) in [7, 11) is 0. The Balaban J connectivity index is 1.64. The van der Waals surface area contributed by atoms with E-state index in [2.05, 4.69) is 15.9 Å². The van der Waals surface area contributed by atoms with Gasteiger partial charge >= 0.3 is 5.97 Å². The molecule has 0 bridgehead atoms. The Morgan fingerprint density at radius 3 is 2.52 bits per heavy atom. The van der Waals surface area contributed by atoms with Gasteiger partial charge in [0.25, 0.3) is 0 Å². The number of halogens is 1. The van der Waals surface area contributed by atoms with Crippen LogP contribution in [-0.4, -0.2) is 30.8 Å². The van der Waals surface area contributed by atoms with Crippen LogP contribution in [0.25, 0.3) is 0 Å². The fraction of sp³-hybridized carbons (Fsp3) is 0.211. The summed E-state index contributed by atoms with van der Waals surface area (Å²) in [5.74, 6) is -0.804. The molecular weight excluding hydrogens is 386 g/mol. The van der Waals surface area contributed by atoms with E-state index in [-0.39, 0.29) is 18.3 Å². The maximum Gasteiger partial charge on any atom is 0.338 e. The largest absolute Gasteiger partial charge is 0.454 e. The van der Waals surface area contributed by atoms with Crippen molar-refractivity contribution in [1.82, 2.24) is 0 Å². The molecular formula is C19H16BrNO4. The van der Waals surface area contributed by atoms with Crippen LogP contribution in [0.15, 0.2) is 53.0 Å². The van der Waals surface area contributed by atoms with E-state index in [9.17, 15) is 14.4 Å². The zero-order chi connectivity index (χ0) is 17.8. The Labute approximate surface area is 153 Å². The van der Waals surface area contributed by atoms with Gasteiger partial charge in [-0.15, -0.1) is 0 Å². The minimum atomic E-state index is -0.584. The average molecular weight is 402 g/mol. The number of hydrogen-bond donors (Lipinski definition) is 0. The van der Waals surface area contributed by atoms with Crippen LogP contribution in [0.1, 0.15) is 33.6 Å². The lowest BCUT2D eigenvalue weighted by atomic mass is 10.1. The lowest BCUT2D eigenvalue weighted by Gasteiger charge is -2.16. The number of carbonyl (C=O) groups is 3. The summed E-state index contributed by atoms with van der Waals surface area (Å²) >= 11 is 3.30. The second kappa shape index (κ2) is 7.61. The molecule has 0 aromatic heterocycles. The maximum absolute atomic E-state index is 12.2. The highest BCUT2D eigenvalue weighted by Crippen LogP contribution is 2.22. The van der Waals surface area contributed by atoms with Gasteiger partial charge in [0.15, 0.2) is 12.4 Å². The number of esters is 1. The van der Waals surface area contributed by atoms with Crippen molar-refractivity contribution in [2.75, 3.05) is 18.1 Å². The predicted octanol–water partition coefficient (Wildman–Crippen LogP) is 3.62. The van der Waals surface area contributed by atoms with Gasteiger partial charge in [0.1, 0.15) is 0 Å². The van der Waals surface area contributed by atoms with Crippen LogP contribution in [0.4, 0.5) is 5.69 Å². The van der Waals surface area contributed by atoms with Gasteiger partial charge in [-0.05, 0) is 36.8 Å². The standard InChI is InChI=1S/C19H16BrNO4/c20-15-8-6-13(7-9-15)17(22)12-25-19(24)14-3-1-4-16(11-14)21-10-2-5-18(21)23/h1,3-4,6-9,11H,2,5,10,12H2. The molecule has 2 aromatic carbocycles. The van der Waals surface area contributed by atoms with Gasteiger partial charge in [0, 0.05) is 28.7 Å². The lowest BCUT2D eigenvalue weighted by molar-refractivity contribution is -0.117. The first kappa shape index (κ1) is 17.4. The summed E-state index contributed by atoms with van der Waals surface area (Å²) in [6, 6.07) is 13.6. The molecule has 1 heterocycles. The van der Waals surface area contributed by atoms with E-state index < -0.39 is 5.97 Å². The summed E-state index contributed by atoms with van der Waals surface area (Å²) in [4.78, 5) is 37.7. The molecule has 0 atom stereocenters. The Morgan fingerprint density at radius 1 is 1.08 bits per heavy atom. The molecule has 128 valence electrons. The molecule has 5 nitrogen and oxygen atoms in total. The third-order valence-electron chi connectivity index (χ3n) is 3.97. The summed E-state index contributed by atoms with van der Waals surface area (Å²) in [5.41, 5.74) is 1.48. The Morgan fingerprint density at radius 2 is 1.84 bits per heavy atom. The minimum Gasteiger partial charge on any atom is -0.454 e. The Kier molecular flexibility index (Phi) is 5.28. The molecule has 0 spiro atoms. The number of amides is 1. The fourth-order valence-corrected chi connectivity index (χ4v) is 2.92. The van der Waals surface area contributed by atoms with Crippen LogP contribution >= 0.6 is 15.9 Å². The van der Waals surface area contributed by atoms with E-state index in [0.29, 0.717) is 29.8 Å². The van der Waals surface area contributed by atoms with Gasteiger partial charge in [-0.1, -0.05) is 34.1 Å². The van der Waals surface area contributed by atoms with Crippen molar-refractivity contribution in [3.63, 3.8) is 0 Å². The van der Waals surface area contributed by atoms with Crippen LogP contribution in [0, 0.1) is 0 Å². The summed E-state index contributed by atoms with van der Waals surface area (Å²) in [6.07, 6.45) is 1.34. The number of ketones is 1. The van der Waals surface area contributed by atoms with Crippen LogP contribution in [0.2, 0.25) is 0 Å². The van der Waals surface area contributed by atoms with Gasteiger partial charge in [-0.3, -0.25) is 9.59 Å². The van der Waals surface area contributed by atoms with Crippen molar-refractivity contribution in [3.05, 3.63) is 64.1 Å². The molecule has 1 aliphatic heterocycles. The number of benzene rings is 2. The van der Waals surface area contributed by atoms with E-state index in [0.717, 1.165) is 10.9 Å². The summed E-state index contributed by atoms with van der Waals surface area (Å²) < 4.78 is 5.99. The van der Waals surface area contributed by atoms with Gasteiger partial charge in [0.05, 0.1) is 5.56 Å². The summed E-state index contributed by atoms with van der Waals surface area (Å²) in [6.45, 7) is 0.326. The fourth-order valence-electron chi connectivity index (χ4n) is 2.66. The molecule has 6 heteroatoms. The number of rotatable bonds is 5. The average Bonchev–Trinajstić information content (AvgIpc) is 3.06. The smallest absolute Gasteiger partial charge is 0.338 e. The molecule has 0 aliphatic carbocycles.